The van der Waals surface area contributed by atoms with E-state index in [-0.39, 0.29) is 17.9 Å². The topological polar surface area (TPSA) is 67.4 Å². The van der Waals surface area contributed by atoms with E-state index in [9.17, 15) is 9.59 Å². The Morgan fingerprint density at radius 1 is 1.20 bits per heavy atom. The van der Waals surface area contributed by atoms with Gasteiger partial charge in [-0.3, -0.25) is 9.59 Å². The standard InChI is InChI=1S/C14H19BrN2O3/c1-8(2)16-13(18)9(3)17-14(19)10-5-6-12(20-4)11(15)7-10/h5-9H,1-4H3,(H,16,18)(H,17,19). The fourth-order valence-corrected chi connectivity index (χ4v) is 2.10. The van der Waals surface area contributed by atoms with Gasteiger partial charge in [-0.15, -0.1) is 0 Å². The third kappa shape index (κ3) is 4.52. The number of ether oxygens (including phenoxy) is 1. The molecule has 0 saturated heterocycles. The van der Waals surface area contributed by atoms with Crippen LogP contribution < -0.4 is 15.4 Å². The number of carbonyl (C=O) groups is 2. The van der Waals surface area contributed by atoms with Gasteiger partial charge in [0.05, 0.1) is 11.6 Å². The van der Waals surface area contributed by atoms with Gasteiger partial charge in [-0.05, 0) is 54.9 Å². The molecule has 0 spiro atoms. The van der Waals surface area contributed by atoms with Crippen molar-refractivity contribution in [3.63, 3.8) is 0 Å². The van der Waals surface area contributed by atoms with Gasteiger partial charge in [0.25, 0.3) is 5.91 Å². The van der Waals surface area contributed by atoms with Gasteiger partial charge in [0.15, 0.2) is 0 Å². The zero-order chi connectivity index (χ0) is 15.3. The largest absolute Gasteiger partial charge is 0.496 e. The highest BCUT2D eigenvalue weighted by molar-refractivity contribution is 9.10. The number of halogens is 1. The quantitative estimate of drug-likeness (QED) is 0.860. The Morgan fingerprint density at radius 3 is 2.35 bits per heavy atom. The molecule has 2 amide bonds. The van der Waals surface area contributed by atoms with Crippen LogP contribution in [0.4, 0.5) is 0 Å². The number of hydrogen-bond donors (Lipinski definition) is 2. The third-order valence-corrected chi connectivity index (χ3v) is 3.21. The number of hydrogen-bond acceptors (Lipinski definition) is 3. The van der Waals surface area contributed by atoms with E-state index in [1.54, 1.807) is 32.2 Å². The first-order valence-corrected chi connectivity index (χ1v) is 7.09. The lowest BCUT2D eigenvalue weighted by Gasteiger charge is -2.16. The van der Waals surface area contributed by atoms with Crippen molar-refractivity contribution in [2.75, 3.05) is 7.11 Å². The minimum Gasteiger partial charge on any atom is -0.496 e. The van der Waals surface area contributed by atoms with Gasteiger partial charge in [0.1, 0.15) is 11.8 Å². The fraction of sp³-hybridized carbons (Fsp3) is 0.429. The Labute approximate surface area is 127 Å². The van der Waals surface area contributed by atoms with Gasteiger partial charge in [0.2, 0.25) is 5.91 Å². The highest BCUT2D eigenvalue weighted by Gasteiger charge is 2.17. The van der Waals surface area contributed by atoms with Crippen LogP contribution in [-0.2, 0) is 4.79 Å². The predicted octanol–water partition coefficient (Wildman–Crippen LogP) is 2.10. The van der Waals surface area contributed by atoms with E-state index < -0.39 is 6.04 Å². The number of amides is 2. The Kier molecular flexibility index (Phi) is 6.01. The summed E-state index contributed by atoms with van der Waals surface area (Å²) in [6.07, 6.45) is 0. The van der Waals surface area contributed by atoms with E-state index in [2.05, 4.69) is 26.6 Å². The number of carbonyl (C=O) groups excluding carboxylic acids is 2. The molecule has 1 aromatic rings. The second kappa shape index (κ2) is 7.28. The lowest BCUT2D eigenvalue weighted by Crippen LogP contribution is -2.46. The van der Waals surface area contributed by atoms with E-state index in [1.165, 1.54) is 0 Å². The smallest absolute Gasteiger partial charge is 0.251 e. The summed E-state index contributed by atoms with van der Waals surface area (Å²) in [6, 6.07) is 4.44. The van der Waals surface area contributed by atoms with Crippen molar-refractivity contribution in [3.8, 4) is 5.75 Å². The molecule has 0 fully saturated rings. The minimum absolute atomic E-state index is 0.0389. The van der Waals surface area contributed by atoms with Gasteiger partial charge >= 0.3 is 0 Å². The molecule has 0 saturated carbocycles. The zero-order valence-electron chi connectivity index (χ0n) is 12.0. The molecule has 20 heavy (non-hydrogen) atoms. The average Bonchev–Trinajstić information content (AvgIpc) is 2.37. The predicted molar refractivity (Wildman–Crippen MR) is 80.9 cm³/mol. The number of nitrogens with one attached hydrogen (secondary N) is 2. The maximum Gasteiger partial charge on any atom is 0.251 e. The summed E-state index contributed by atoms with van der Waals surface area (Å²) in [4.78, 5) is 23.8. The molecule has 0 radical (unpaired) electrons. The second-order valence-corrected chi connectivity index (χ2v) is 5.56. The Morgan fingerprint density at radius 2 is 1.85 bits per heavy atom. The molecule has 2 N–H and O–H groups in total. The summed E-state index contributed by atoms with van der Waals surface area (Å²) >= 11 is 3.32. The molecule has 1 unspecified atom stereocenters. The van der Waals surface area contributed by atoms with Crippen LogP contribution in [-0.4, -0.2) is 31.0 Å². The van der Waals surface area contributed by atoms with Gasteiger partial charge in [-0.1, -0.05) is 0 Å². The molecule has 0 aliphatic heterocycles. The molecule has 1 atom stereocenters. The number of benzene rings is 1. The van der Waals surface area contributed by atoms with Crippen molar-refractivity contribution in [3.05, 3.63) is 28.2 Å². The van der Waals surface area contributed by atoms with E-state index in [0.717, 1.165) is 0 Å². The zero-order valence-corrected chi connectivity index (χ0v) is 13.6. The summed E-state index contributed by atoms with van der Waals surface area (Å²) in [5.41, 5.74) is 0.460. The lowest BCUT2D eigenvalue weighted by molar-refractivity contribution is -0.123. The molecule has 1 rings (SSSR count). The number of methoxy groups -OCH3 is 1. The van der Waals surface area contributed by atoms with E-state index in [1.807, 2.05) is 13.8 Å². The van der Waals surface area contributed by atoms with Crippen LogP contribution in [0.15, 0.2) is 22.7 Å². The first-order chi connectivity index (χ1) is 9.35. The molecule has 0 aromatic heterocycles. The van der Waals surface area contributed by atoms with Gasteiger partial charge in [-0.2, -0.15) is 0 Å². The van der Waals surface area contributed by atoms with Crippen LogP contribution in [0.2, 0.25) is 0 Å². The molecule has 0 aliphatic carbocycles. The fourth-order valence-electron chi connectivity index (χ4n) is 1.56. The van der Waals surface area contributed by atoms with E-state index >= 15 is 0 Å². The van der Waals surface area contributed by atoms with Crippen LogP contribution >= 0.6 is 15.9 Å². The summed E-state index contributed by atoms with van der Waals surface area (Å²) in [7, 11) is 1.55. The van der Waals surface area contributed by atoms with Crippen molar-refractivity contribution in [2.24, 2.45) is 0 Å². The van der Waals surface area contributed by atoms with Crippen molar-refractivity contribution < 1.29 is 14.3 Å². The number of rotatable bonds is 5. The summed E-state index contributed by atoms with van der Waals surface area (Å²) in [5, 5.41) is 5.40. The normalized spacial score (nSPS) is 11.9. The van der Waals surface area contributed by atoms with Gasteiger partial charge in [0, 0.05) is 11.6 Å². The molecule has 5 nitrogen and oxygen atoms in total. The first-order valence-electron chi connectivity index (χ1n) is 6.30. The molecule has 6 heteroatoms. The lowest BCUT2D eigenvalue weighted by atomic mass is 10.2. The highest BCUT2D eigenvalue weighted by atomic mass is 79.9. The average molecular weight is 343 g/mol. The SMILES string of the molecule is COc1ccc(C(=O)NC(C)C(=O)NC(C)C)cc1Br. The highest BCUT2D eigenvalue weighted by Crippen LogP contribution is 2.25. The monoisotopic (exact) mass is 342 g/mol. The summed E-state index contributed by atoms with van der Waals surface area (Å²) < 4.78 is 5.79. The summed E-state index contributed by atoms with van der Waals surface area (Å²) in [6.45, 7) is 5.38. The van der Waals surface area contributed by atoms with Crippen LogP contribution in [0.1, 0.15) is 31.1 Å². The second-order valence-electron chi connectivity index (χ2n) is 4.71. The molecule has 1 aromatic carbocycles. The minimum atomic E-state index is -0.592. The van der Waals surface area contributed by atoms with Crippen LogP contribution in [0.25, 0.3) is 0 Å². The molecule has 110 valence electrons. The van der Waals surface area contributed by atoms with Crippen molar-refractivity contribution in [2.45, 2.75) is 32.9 Å². The maximum atomic E-state index is 12.0. The summed E-state index contributed by atoms with van der Waals surface area (Å²) in [5.74, 6) is 0.132. The van der Waals surface area contributed by atoms with E-state index in [0.29, 0.717) is 15.8 Å². The molecular formula is C14H19BrN2O3. The van der Waals surface area contributed by atoms with Gasteiger partial charge in [-0.25, -0.2) is 0 Å². The molecule has 0 aliphatic rings. The Bertz CT molecular complexity index is 503. The van der Waals surface area contributed by atoms with Crippen LogP contribution in [0, 0.1) is 0 Å². The van der Waals surface area contributed by atoms with Crippen molar-refractivity contribution in [1.29, 1.82) is 0 Å². The van der Waals surface area contributed by atoms with E-state index in [4.69, 9.17) is 4.74 Å². The molecule has 0 bridgehead atoms. The first kappa shape index (κ1) is 16.5. The van der Waals surface area contributed by atoms with Gasteiger partial charge < -0.3 is 15.4 Å². The molecule has 0 heterocycles. The van der Waals surface area contributed by atoms with Crippen molar-refractivity contribution in [1.82, 2.24) is 10.6 Å². The maximum absolute atomic E-state index is 12.0. The van der Waals surface area contributed by atoms with Crippen molar-refractivity contribution >= 4 is 27.7 Å². The van der Waals surface area contributed by atoms with Crippen LogP contribution in [0.5, 0.6) is 5.75 Å². The molecular weight excluding hydrogens is 324 g/mol. The Hall–Kier alpha value is -1.56. The van der Waals surface area contributed by atoms with Crippen LogP contribution in [0.3, 0.4) is 0 Å². The third-order valence-electron chi connectivity index (χ3n) is 2.59. The Balaban J connectivity index is 2.71.